The molecular formula is C27H28F3NO5. The summed E-state index contributed by atoms with van der Waals surface area (Å²) in [6, 6.07) is 10.1. The first-order valence-electron chi connectivity index (χ1n) is 12.0. The summed E-state index contributed by atoms with van der Waals surface area (Å²) in [6.45, 7) is 0. The van der Waals surface area contributed by atoms with Gasteiger partial charge in [-0.1, -0.05) is 38.2 Å². The van der Waals surface area contributed by atoms with Crippen molar-refractivity contribution in [2.24, 2.45) is 0 Å². The number of amides is 1. The maximum Gasteiger partial charge on any atom is 0.453 e. The van der Waals surface area contributed by atoms with E-state index >= 15 is 0 Å². The number of carbonyl (C=O) groups excluding carboxylic acids is 1. The van der Waals surface area contributed by atoms with Crippen molar-refractivity contribution in [1.29, 1.82) is 0 Å². The molecule has 1 fully saturated rings. The molecule has 1 N–H and O–H groups in total. The highest BCUT2D eigenvalue weighted by Gasteiger charge is 2.40. The topological polar surface area (TPSA) is 77.8 Å². The molecule has 0 radical (unpaired) electrons. The summed E-state index contributed by atoms with van der Waals surface area (Å²) in [6.07, 6.45) is 2.50. The van der Waals surface area contributed by atoms with Crippen molar-refractivity contribution in [1.82, 2.24) is 5.32 Å². The number of ether oxygens (including phenoxy) is 2. The molecule has 1 aliphatic carbocycles. The molecule has 192 valence electrons. The zero-order valence-electron chi connectivity index (χ0n) is 20.0. The van der Waals surface area contributed by atoms with Crippen molar-refractivity contribution in [2.75, 3.05) is 7.11 Å². The van der Waals surface area contributed by atoms with Crippen LogP contribution < -0.4 is 20.2 Å². The second-order valence-electron chi connectivity index (χ2n) is 8.98. The molecule has 0 unspecified atom stereocenters. The molecule has 4 rings (SSSR count). The Morgan fingerprint density at radius 2 is 1.64 bits per heavy atom. The van der Waals surface area contributed by atoms with E-state index in [0.717, 1.165) is 38.5 Å². The third-order valence-electron chi connectivity index (χ3n) is 6.29. The zero-order chi connectivity index (χ0) is 25.7. The van der Waals surface area contributed by atoms with Crippen LogP contribution in [0.5, 0.6) is 17.2 Å². The van der Waals surface area contributed by atoms with Crippen LogP contribution in [0.4, 0.5) is 13.2 Å². The second kappa shape index (κ2) is 11.1. The van der Waals surface area contributed by atoms with Gasteiger partial charge in [0.1, 0.15) is 17.1 Å². The first kappa shape index (κ1) is 25.6. The maximum atomic E-state index is 13.8. The Labute approximate surface area is 206 Å². The van der Waals surface area contributed by atoms with Gasteiger partial charge in [0.25, 0.3) is 5.76 Å². The van der Waals surface area contributed by atoms with Gasteiger partial charge in [-0.2, -0.15) is 13.2 Å². The molecule has 0 saturated heterocycles. The van der Waals surface area contributed by atoms with Crippen LogP contribution in [0.3, 0.4) is 0 Å². The number of fused-ring (bicyclic) bond motifs is 1. The Morgan fingerprint density at radius 1 is 1.00 bits per heavy atom. The van der Waals surface area contributed by atoms with Gasteiger partial charge >= 0.3 is 6.18 Å². The minimum Gasteiger partial charge on any atom is -0.497 e. The van der Waals surface area contributed by atoms with E-state index < -0.39 is 23.1 Å². The average Bonchev–Trinajstić information content (AvgIpc) is 2.82. The Bertz CT molecular complexity index is 1260. The fourth-order valence-corrected chi connectivity index (χ4v) is 4.44. The molecule has 1 aliphatic rings. The van der Waals surface area contributed by atoms with Crippen LogP contribution >= 0.6 is 0 Å². The molecule has 0 atom stereocenters. The Morgan fingerprint density at radius 3 is 2.28 bits per heavy atom. The number of carbonyl (C=O) groups is 1. The largest absolute Gasteiger partial charge is 0.497 e. The molecule has 36 heavy (non-hydrogen) atoms. The van der Waals surface area contributed by atoms with Crippen LogP contribution in [-0.2, 0) is 17.4 Å². The van der Waals surface area contributed by atoms with E-state index in [2.05, 4.69) is 5.32 Å². The third kappa shape index (κ3) is 6.19. The second-order valence-corrected chi connectivity index (χ2v) is 8.98. The van der Waals surface area contributed by atoms with E-state index in [1.807, 2.05) is 0 Å². The van der Waals surface area contributed by atoms with E-state index in [1.54, 1.807) is 6.07 Å². The number of alkyl halides is 3. The van der Waals surface area contributed by atoms with Gasteiger partial charge < -0.3 is 19.2 Å². The number of benzene rings is 2. The van der Waals surface area contributed by atoms with E-state index in [1.165, 1.54) is 49.9 Å². The Balaban J connectivity index is 1.59. The molecule has 0 spiro atoms. The van der Waals surface area contributed by atoms with Crippen molar-refractivity contribution < 1.29 is 31.9 Å². The van der Waals surface area contributed by atoms with Crippen LogP contribution in [0.25, 0.3) is 11.0 Å². The fraction of sp³-hybridized carbons (Fsp3) is 0.407. The molecule has 6 nitrogen and oxygen atoms in total. The summed E-state index contributed by atoms with van der Waals surface area (Å²) in [5.41, 5.74) is -0.762. The Kier molecular flexibility index (Phi) is 7.86. The van der Waals surface area contributed by atoms with Crippen LogP contribution in [0.15, 0.2) is 51.7 Å². The molecule has 9 heteroatoms. The van der Waals surface area contributed by atoms with Crippen LogP contribution in [0.2, 0.25) is 0 Å². The first-order chi connectivity index (χ1) is 17.2. The number of hydrogen-bond acceptors (Lipinski definition) is 5. The quantitative estimate of drug-likeness (QED) is 0.422. The van der Waals surface area contributed by atoms with E-state index in [9.17, 15) is 22.8 Å². The fourth-order valence-electron chi connectivity index (χ4n) is 4.44. The molecule has 0 aliphatic heterocycles. The summed E-state index contributed by atoms with van der Waals surface area (Å²) in [7, 11) is 1.45. The van der Waals surface area contributed by atoms with Crippen LogP contribution in [0.1, 0.15) is 56.3 Å². The van der Waals surface area contributed by atoms with E-state index in [-0.39, 0.29) is 35.1 Å². The smallest absolute Gasteiger partial charge is 0.453 e. The Hall–Kier alpha value is -3.49. The minimum atomic E-state index is -4.97. The summed E-state index contributed by atoms with van der Waals surface area (Å²) in [5, 5.41) is 2.96. The third-order valence-corrected chi connectivity index (χ3v) is 6.29. The highest BCUT2D eigenvalue weighted by atomic mass is 19.4. The van der Waals surface area contributed by atoms with Crippen molar-refractivity contribution in [2.45, 2.75) is 63.6 Å². The van der Waals surface area contributed by atoms with Gasteiger partial charge in [-0.05, 0) is 54.8 Å². The van der Waals surface area contributed by atoms with E-state index in [4.69, 9.17) is 13.9 Å². The molecular weight excluding hydrogens is 475 g/mol. The summed E-state index contributed by atoms with van der Waals surface area (Å²) < 4.78 is 56.9. The van der Waals surface area contributed by atoms with Gasteiger partial charge in [-0.15, -0.1) is 0 Å². The number of nitrogens with one attached hydrogen (secondary N) is 1. The molecule has 3 aromatic rings. The lowest BCUT2D eigenvalue weighted by Gasteiger charge is -2.21. The molecule has 0 bridgehead atoms. The van der Waals surface area contributed by atoms with Crippen molar-refractivity contribution in [3.05, 3.63) is 64.0 Å². The van der Waals surface area contributed by atoms with Crippen molar-refractivity contribution in [3.63, 3.8) is 0 Å². The number of hydrogen-bond donors (Lipinski definition) is 1. The minimum absolute atomic E-state index is 0.0236. The number of rotatable bonds is 6. The van der Waals surface area contributed by atoms with Gasteiger partial charge in [0.2, 0.25) is 17.1 Å². The van der Waals surface area contributed by atoms with Crippen molar-refractivity contribution in [3.8, 4) is 17.2 Å². The molecule has 1 amide bonds. The number of halogens is 3. The van der Waals surface area contributed by atoms with Gasteiger partial charge in [0, 0.05) is 6.04 Å². The lowest BCUT2D eigenvalue weighted by atomic mass is 9.96. The molecule has 1 heterocycles. The SMILES string of the molecule is COc1ccc(Oc2c(C(F)(F)F)oc3cc(CC(=O)NC4CCCCCCC4)ccc3c2=O)cc1. The summed E-state index contributed by atoms with van der Waals surface area (Å²) in [5.74, 6) is -2.19. The molecule has 1 aromatic heterocycles. The highest BCUT2D eigenvalue weighted by molar-refractivity contribution is 5.83. The normalized spacial score (nSPS) is 15.2. The average molecular weight is 504 g/mol. The monoisotopic (exact) mass is 503 g/mol. The van der Waals surface area contributed by atoms with Crippen LogP contribution in [-0.4, -0.2) is 19.1 Å². The first-order valence-corrected chi connectivity index (χ1v) is 12.0. The zero-order valence-corrected chi connectivity index (χ0v) is 20.0. The van der Waals surface area contributed by atoms with E-state index in [0.29, 0.717) is 11.3 Å². The van der Waals surface area contributed by atoms with Gasteiger partial charge in [-0.25, -0.2) is 0 Å². The van der Waals surface area contributed by atoms with Crippen molar-refractivity contribution >= 4 is 16.9 Å². The predicted molar refractivity (Wildman–Crippen MR) is 129 cm³/mol. The van der Waals surface area contributed by atoms with Gasteiger partial charge in [0.05, 0.1) is 18.9 Å². The van der Waals surface area contributed by atoms with Gasteiger partial charge in [-0.3, -0.25) is 9.59 Å². The number of methoxy groups -OCH3 is 1. The molecule has 2 aromatic carbocycles. The summed E-state index contributed by atoms with van der Waals surface area (Å²) >= 11 is 0. The van der Waals surface area contributed by atoms with Gasteiger partial charge in [0.15, 0.2) is 0 Å². The maximum absolute atomic E-state index is 13.8. The summed E-state index contributed by atoms with van der Waals surface area (Å²) in [4.78, 5) is 25.6. The predicted octanol–water partition coefficient (Wildman–Crippen LogP) is 6.38. The standard InChI is InChI=1S/C27H28F3NO5/c1-34-19-10-12-20(13-11-19)35-25-24(33)21-14-9-17(15-22(21)36-26(25)27(28,29)30)16-23(32)31-18-7-5-3-2-4-6-8-18/h9-15,18H,2-8,16H2,1H3,(H,31,32). The highest BCUT2D eigenvalue weighted by Crippen LogP contribution is 2.38. The molecule has 1 saturated carbocycles. The lowest BCUT2D eigenvalue weighted by molar-refractivity contribution is -0.154. The van der Waals surface area contributed by atoms with Crippen LogP contribution in [0, 0.1) is 0 Å². The lowest BCUT2D eigenvalue weighted by Crippen LogP contribution is -2.36.